The summed E-state index contributed by atoms with van der Waals surface area (Å²) in [6, 6.07) is 6.43. The van der Waals surface area contributed by atoms with Gasteiger partial charge in [0.25, 0.3) is 5.91 Å². The van der Waals surface area contributed by atoms with Gasteiger partial charge in [-0.05, 0) is 49.0 Å². The molecule has 0 radical (unpaired) electrons. The lowest BCUT2D eigenvalue weighted by Crippen LogP contribution is -2.34. The molecule has 6 nitrogen and oxygen atoms in total. The number of carbonyl (C=O) groups is 1. The van der Waals surface area contributed by atoms with E-state index >= 15 is 0 Å². The van der Waals surface area contributed by atoms with Crippen LogP contribution in [-0.2, 0) is 12.8 Å². The molecule has 0 atom stereocenters. The second-order valence-electron chi connectivity index (χ2n) is 6.33. The highest BCUT2D eigenvalue weighted by Crippen LogP contribution is 2.38. The number of rotatable bonds is 8. The average Bonchev–Trinajstić information content (AvgIpc) is 2.71. The number of nitrogens with one attached hydrogen (secondary N) is 2. The van der Waals surface area contributed by atoms with Crippen molar-refractivity contribution in [1.29, 1.82) is 0 Å². The third kappa shape index (κ3) is 6.67. The molecule has 0 fully saturated rings. The normalized spacial score (nSPS) is 11.1. The lowest BCUT2D eigenvalue weighted by molar-refractivity contribution is -0.138. The maximum atomic E-state index is 13.4. The molecule has 0 saturated heterocycles. The van der Waals surface area contributed by atoms with E-state index in [1.807, 2.05) is 6.92 Å². The monoisotopic (exact) mass is 441 g/mol. The van der Waals surface area contributed by atoms with Crippen LogP contribution in [0.2, 0.25) is 0 Å². The van der Waals surface area contributed by atoms with Gasteiger partial charge in [0.1, 0.15) is 5.75 Å². The number of benzene rings is 1. The predicted octanol–water partition coefficient (Wildman–Crippen LogP) is 4.29. The van der Waals surface area contributed by atoms with Crippen LogP contribution in [0.5, 0.6) is 5.75 Å². The highest BCUT2D eigenvalue weighted by molar-refractivity contribution is 7.80. The first-order valence-electron chi connectivity index (χ1n) is 9.27. The molecule has 1 aromatic carbocycles. The molecule has 0 bridgehead atoms. The van der Waals surface area contributed by atoms with Crippen LogP contribution in [0.15, 0.2) is 36.5 Å². The lowest BCUT2D eigenvalue weighted by Gasteiger charge is -2.16. The van der Waals surface area contributed by atoms with E-state index in [0.717, 1.165) is 18.9 Å². The minimum Gasteiger partial charge on any atom is -0.493 e. The Hall–Kier alpha value is -2.72. The second-order valence-corrected chi connectivity index (χ2v) is 6.74. The second kappa shape index (κ2) is 10.9. The van der Waals surface area contributed by atoms with E-state index in [2.05, 4.69) is 15.6 Å². The molecule has 0 spiro atoms. The van der Waals surface area contributed by atoms with Crippen molar-refractivity contribution in [3.63, 3.8) is 0 Å². The fourth-order valence-electron chi connectivity index (χ4n) is 2.59. The minimum atomic E-state index is -4.62. The van der Waals surface area contributed by atoms with Gasteiger partial charge in [0, 0.05) is 11.9 Å². The van der Waals surface area contributed by atoms with E-state index in [0.29, 0.717) is 6.42 Å². The number of carbonyl (C=O) groups excluding carboxylic acids is 1. The molecule has 3 N–H and O–H groups in total. The number of halogens is 3. The number of hydrogen-bond donors (Lipinski definition) is 3. The standard InChI is InChI=1S/C20H22F3N3O3S/c1-2-3-4-10-29-17-8-7-13(11-15(17)20(21,22)23)25-19(30)26-18(28)14-6-5-9-24-16(14)12-27/h5-9,11,27H,2-4,10,12H2,1H3,(H2,25,26,28,30). The van der Waals surface area contributed by atoms with E-state index < -0.39 is 24.3 Å². The Kier molecular flexibility index (Phi) is 8.55. The van der Waals surface area contributed by atoms with E-state index in [1.54, 1.807) is 0 Å². The molecular formula is C20H22F3N3O3S. The van der Waals surface area contributed by atoms with Crippen molar-refractivity contribution in [3.05, 3.63) is 53.3 Å². The van der Waals surface area contributed by atoms with Crippen molar-refractivity contribution in [2.45, 2.75) is 39.0 Å². The number of aromatic nitrogens is 1. The summed E-state index contributed by atoms with van der Waals surface area (Å²) in [4.78, 5) is 16.2. The summed E-state index contributed by atoms with van der Waals surface area (Å²) in [7, 11) is 0. The number of amides is 1. The van der Waals surface area contributed by atoms with Crippen LogP contribution in [0.25, 0.3) is 0 Å². The van der Waals surface area contributed by atoms with Crippen LogP contribution >= 0.6 is 12.2 Å². The Labute approximate surface area is 177 Å². The van der Waals surface area contributed by atoms with Gasteiger partial charge in [-0.2, -0.15) is 13.2 Å². The van der Waals surface area contributed by atoms with Gasteiger partial charge in [-0.1, -0.05) is 19.8 Å². The number of alkyl halides is 3. The third-order valence-electron chi connectivity index (χ3n) is 4.06. The van der Waals surface area contributed by atoms with Crippen LogP contribution in [0.1, 0.15) is 47.8 Å². The summed E-state index contributed by atoms with van der Waals surface area (Å²) in [5.74, 6) is -0.904. The van der Waals surface area contributed by atoms with Crippen LogP contribution < -0.4 is 15.4 Å². The number of thiocarbonyl (C=S) groups is 1. The predicted molar refractivity (Wildman–Crippen MR) is 110 cm³/mol. The molecule has 0 aliphatic rings. The number of unbranched alkanes of at least 4 members (excludes halogenated alkanes) is 2. The van der Waals surface area contributed by atoms with Crippen molar-refractivity contribution in [2.24, 2.45) is 0 Å². The maximum absolute atomic E-state index is 13.4. The summed E-state index contributed by atoms with van der Waals surface area (Å²) in [5.41, 5.74) is -0.632. The Morgan fingerprint density at radius 2 is 2.03 bits per heavy atom. The first-order valence-corrected chi connectivity index (χ1v) is 9.68. The van der Waals surface area contributed by atoms with E-state index in [-0.39, 0.29) is 34.4 Å². The van der Waals surface area contributed by atoms with Crippen molar-refractivity contribution >= 4 is 28.9 Å². The van der Waals surface area contributed by atoms with E-state index in [4.69, 9.17) is 17.0 Å². The average molecular weight is 441 g/mol. The molecule has 1 aromatic heterocycles. The Morgan fingerprint density at radius 1 is 1.27 bits per heavy atom. The SMILES string of the molecule is CCCCCOc1ccc(NC(=S)NC(=O)c2cccnc2CO)cc1C(F)(F)F. The fourth-order valence-corrected chi connectivity index (χ4v) is 2.80. The molecule has 30 heavy (non-hydrogen) atoms. The Balaban J connectivity index is 2.09. The van der Waals surface area contributed by atoms with Crippen molar-refractivity contribution < 1.29 is 27.8 Å². The molecule has 0 aliphatic carbocycles. The molecule has 0 aliphatic heterocycles. The zero-order chi connectivity index (χ0) is 22.1. The molecule has 0 unspecified atom stereocenters. The number of ether oxygens (including phenoxy) is 1. The molecule has 162 valence electrons. The van der Waals surface area contributed by atoms with Crippen LogP contribution in [0.3, 0.4) is 0 Å². The Morgan fingerprint density at radius 3 is 2.70 bits per heavy atom. The van der Waals surface area contributed by atoms with Gasteiger partial charge in [0.2, 0.25) is 0 Å². The quantitative estimate of drug-likeness (QED) is 0.419. The number of aliphatic hydroxyl groups excluding tert-OH is 1. The van der Waals surface area contributed by atoms with Crippen molar-refractivity contribution in [3.8, 4) is 5.75 Å². The molecule has 1 amide bonds. The molecule has 2 rings (SSSR count). The highest BCUT2D eigenvalue weighted by Gasteiger charge is 2.34. The summed E-state index contributed by atoms with van der Waals surface area (Å²) in [5, 5.41) is 14.0. The number of pyridine rings is 1. The van der Waals surface area contributed by atoms with Crippen LogP contribution in [-0.4, -0.2) is 27.7 Å². The molecule has 0 saturated carbocycles. The van der Waals surface area contributed by atoms with Gasteiger partial charge >= 0.3 is 6.18 Å². The van der Waals surface area contributed by atoms with Gasteiger partial charge in [0.05, 0.1) is 30.0 Å². The summed E-state index contributed by atoms with van der Waals surface area (Å²) >= 11 is 5.02. The summed E-state index contributed by atoms with van der Waals surface area (Å²) < 4.78 is 45.5. The summed E-state index contributed by atoms with van der Waals surface area (Å²) in [6.07, 6.45) is -0.740. The van der Waals surface area contributed by atoms with Gasteiger partial charge in [-0.3, -0.25) is 15.1 Å². The first kappa shape index (κ1) is 23.6. The minimum absolute atomic E-state index is 0.0436. The number of hydrogen-bond acceptors (Lipinski definition) is 5. The zero-order valence-corrected chi connectivity index (χ0v) is 17.1. The fraction of sp³-hybridized carbons (Fsp3) is 0.350. The molecular weight excluding hydrogens is 419 g/mol. The smallest absolute Gasteiger partial charge is 0.420 e. The third-order valence-corrected chi connectivity index (χ3v) is 4.26. The van der Waals surface area contributed by atoms with E-state index in [1.165, 1.54) is 30.5 Å². The van der Waals surface area contributed by atoms with Gasteiger partial charge in [-0.15, -0.1) is 0 Å². The van der Waals surface area contributed by atoms with Gasteiger partial charge in [0.15, 0.2) is 5.11 Å². The van der Waals surface area contributed by atoms with Crippen molar-refractivity contribution in [1.82, 2.24) is 10.3 Å². The van der Waals surface area contributed by atoms with Gasteiger partial charge in [-0.25, -0.2) is 0 Å². The number of aliphatic hydroxyl groups is 1. The van der Waals surface area contributed by atoms with E-state index in [9.17, 15) is 23.1 Å². The van der Waals surface area contributed by atoms with Crippen LogP contribution in [0.4, 0.5) is 18.9 Å². The molecule has 2 aromatic rings. The zero-order valence-electron chi connectivity index (χ0n) is 16.3. The maximum Gasteiger partial charge on any atom is 0.420 e. The number of anilines is 1. The molecule has 1 heterocycles. The first-order chi connectivity index (χ1) is 14.3. The van der Waals surface area contributed by atoms with Crippen molar-refractivity contribution in [2.75, 3.05) is 11.9 Å². The molecule has 10 heteroatoms. The number of nitrogens with zero attached hydrogens (tertiary/aromatic N) is 1. The van der Waals surface area contributed by atoms with Crippen LogP contribution in [0, 0.1) is 0 Å². The summed E-state index contributed by atoms with van der Waals surface area (Å²) in [6.45, 7) is 1.73. The largest absolute Gasteiger partial charge is 0.493 e. The highest BCUT2D eigenvalue weighted by atomic mass is 32.1. The topological polar surface area (TPSA) is 83.5 Å². The Bertz CT molecular complexity index is 891. The lowest BCUT2D eigenvalue weighted by atomic mass is 10.1. The van der Waals surface area contributed by atoms with Gasteiger partial charge < -0.3 is 15.2 Å².